The smallest absolute Gasteiger partial charge is 0.260 e. The van der Waals surface area contributed by atoms with Crippen LogP contribution in [-0.2, 0) is 4.79 Å². The van der Waals surface area contributed by atoms with Crippen molar-refractivity contribution in [2.45, 2.75) is 46.7 Å². The van der Waals surface area contributed by atoms with Gasteiger partial charge in [0.2, 0.25) is 0 Å². The number of para-hydroxylation sites is 1. The van der Waals surface area contributed by atoms with Gasteiger partial charge in [0.1, 0.15) is 11.3 Å². The first-order chi connectivity index (χ1) is 10.4. The van der Waals surface area contributed by atoms with Gasteiger partial charge in [0.25, 0.3) is 5.91 Å². The highest BCUT2D eigenvalue weighted by molar-refractivity contribution is 5.85. The average Bonchev–Trinajstić information content (AvgIpc) is 2.44. The number of hydrogen-bond donors (Lipinski definition) is 0. The quantitative estimate of drug-likeness (QED) is 0.848. The summed E-state index contributed by atoms with van der Waals surface area (Å²) >= 11 is 0. The van der Waals surface area contributed by atoms with Gasteiger partial charge in [-0.1, -0.05) is 18.2 Å². The van der Waals surface area contributed by atoms with Gasteiger partial charge in [-0.25, -0.2) is 4.98 Å². The van der Waals surface area contributed by atoms with Crippen molar-refractivity contribution in [1.82, 2.24) is 9.88 Å². The van der Waals surface area contributed by atoms with E-state index >= 15 is 0 Å². The summed E-state index contributed by atoms with van der Waals surface area (Å²) in [5, 5.41) is 1.01. The lowest BCUT2D eigenvalue weighted by Gasteiger charge is -2.30. The second-order valence-corrected chi connectivity index (χ2v) is 6.06. The van der Waals surface area contributed by atoms with Crippen molar-refractivity contribution in [3.05, 3.63) is 36.0 Å². The van der Waals surface area contributed by atoms with Crippen LogP contribution >= 0.6 is 0 Å². The van der Waals surface area contributed by atoms with Gasteiger partial charge in [-0.05, 0) is 46.8 Å². The van der Waals surface area contributed by atoms with Gasteiger partial charge >= 0.3 is 0 Å². The lowest BCUT2D eigenvalue weighted by Crippen LogP contribution is -2.44. The molecule has 0 saturated carbocycles. The molecule has 0 spiro atoms. The Morgan fingerprint density at radius 3 is 2.45 bits per heavy atom. The molecular weight excluding hydrogens is 276 g/mol. The van der Waals surface area contributed by atoms with E-state index in [-0.39, 0.29) is 24.6 Å². The van der Waals surface area contributed by atoms with Crippen molar-refractivity contribution in [3.63, 3.8) is 0 Å². The predicted octanol–water partition coefficient (Wildman–Crippen LogP) is 3.57. The van der Waals surface area contributed by atoms with Crippen LogP contribution in [0.15, 0.2) is 30.3 Å². The van der Waals surface area contributed by atoms with Crippen molar-refractivity contribution in [1.29, 1.82) is 0 Å². The van der Waals surface area contributed by atoms with Gasteiger partial charge in [-0.3, -0.25) is 4.79 Å². The number of rotatable bonds is 5. The van der Waals surface area contributed by atoms with E-state index in [1.54, 1.807) is 0 Å². The fraction of sp³-hybridized carbons (Fsp3) is 0.444. The third kappa shape index (κ3) is 3.56. The summed E-state index contributed by atoms with van der Waals surface area (Å²) < 4.78 is 5.76. The van der Waals surface area contributed by atoms with E-state index in [2.05, 4.69) is 4.98 Å². The highest BCUT2D eigenvalue weighted by Crippen LogP contribution is 2.24. The van der Waals surface area contributed by atoms with Crippen molar-refractivity contribution in [2.24, 2.45) is 0 Å². The molecule has 0 aliphatic carbocycles. The van der Waals surface area contributed by atoms with Crippen LogP contribution in [-0.4, -0.2) is 34.5 Å². The third-order valence-electron chi connectivity index (χ3n) is 3.57. The molecule has 1 heterocycles. The van der Waals surface area contributed by atoms with E-state index in [0.717, 1.165) is 16.6 Å². The Labute approximate surface area is 132 Å². The van der Waals surface area contributed by atoms with Crippen LogP contribution in [0, 0.1) is 6.92 Å². The SMILES string of the molecule is Cc1ccc2cccc(OCC(=O)N(C(C)C)C(C)C)c2n1. The number of hydrogen-bond acceptors (Lipinski definition) is 3. The number of amides is 1. The summed E-state index contributed by atoms with van der Waals surface area (Å²) in [6.45, 7) is 10.0. The molecule has 0 aliphatic rings. The molecule has 2 aromatic rings. The molecule has 0 N–H and O–H groups in total. The van der Waals surface area contributed by atoms with Crippen LogP contribution in [0.1, 0.15) is 33.4 Å². The molecule has 4 heteroatoms. The Morgan fingerprint density at radius 2 is 1.82 bits per heavy atom. The minimum Gasteiger partial charge on any atom is -0.481 e. The maximum absolute atomic E-state index is 12.4. The highest BCUT2D eigenvalue weighted by atomic mass is 16.5. The van der Waals surface area contributed by atoms with Crippen molar-refractivity contribution in [2.75, 3.05) is 6.61 Å². The van der Waals surface area contributed by atoms with Gasteiger partial charge < -0.3 is 9.64 Å². The normalized spacial score (nSPS) is 11.2. The fourth-order valence-electron chi connectivity index (χ4n) is 2.72. The summed E-state index contributed by atoms with van der Waals surface area (Å²) in [5.74, 6) is 0.650. The van der Waals surface area contributed by atoms with Crippen molar-refractivity contribution < 1.29 is 9.53 Å². The minimum atomic E-state index is -0.00495. The summed E-state index contributed by atoms with van der Waals surface area (Å²) in [6.07, 6.45) is 0. The van der Waals surface area contributed by atoms with Crippen LogP contribution in [0.25, 0.3) is 10.9 Å². The zero-order valence-electron chi connectivity index (χ0n) is 14.0. The second-order valence-electron chi connectivity index (χ2n) is 6.06. The van der Waals surface area contributed by atoms with E-state index < -0.39 is 0 Å². The van der Waals surface area contributed by atoms with Crippen LogP contribution in [0.3, 0.4) is 0 Å². The maximum atomic E-state index is 12.4. The molecule has 0 atom stereocenters. The highest BCUT2D eigenvalue weighted by Gasteiger charge is 2.20. The molecule has 22 heavy (non-hydrogen) atoms. The van der Waals surface area contributed by atoms with E-state index in [0.29, 0.717) is 5.75 Å². The van der Waals surface area contributed by atoms with Gasteiger partial charge in [0, 0.05) is 23.2 Å². The maximum Gasteiger partial charge on any atom is 0.260 e. The first-order valence-electron chi connectivity index (χ1n) is 7.70. The molecule has 0 saturated heterocycles. The molecule has 1 aromatic heterocycles. The number of benzene rings is 1. The number of pyridine rings is 1. The summed E-state index contributed by atoms with van der Waals surface area (Å²) in [5.41, 5.74) is 1.73. The Bertz CT molecular complexity index is 657. The number of nitrogens with zero attached hydrogens (tertiary/aromatic N) is 2. The monoisotopic (exact) mass is 300 g/mol. The van der Waals surface area contributed by atoms with Crippen LogP contribution < -0.4 is 4.74 Å². The summed E-state index contributed by atoms with van der Waals surface area (Å²) in [6, 6.07) is 10.1. The lowest BCUT2D eigenvalue weighted by molar-refractivity contribution is -0.136. The molecule has 1 aromatic carbocycles. The van der Waals surface area contributed by atoms with Crippen LogP contribution in [0.4, 0.5) is 0 Å². The number of carbonyl (C=O) groups excluding carboxylic acids is 1. The van der Waals surface area contributed by atoms with E-state index in [1.807, 2.05) is 69.9 Å². The van der Waals surface area contributed by atoms with Gasteiger partial charge in [0.05, 0.1) is 0 Å². The standard InChI is InChI=1S/C18H24N2O2/c1-12(2)20(13(3)4)17(21)11-22-16-8-6-7-15-10-9-14(5)19-18(15)16/h6-10,12-13H,11H2,1-5H3. The Balaban J connectivity index is 2.18. The second kappa shape index (κ2) is 6.77. The topological polar surface area (TPSA) is 42.4 Å². The minimum absolute atomic E-state index is 0.00495. The summed E-state index contributed by atoms with van der Waals surface area (Å²) in [7, 11) is 0. The molecule has 0 radical (unpaired) electrons. The number of ether oxygens (including phenoxy) is 1. The number of fused-ring (bicyclic) bond motifs is 1. The zero-order valence-corrected chi connectivity index (χ0v) is 14.0. The molecule has 2 rings (SSSR count). The number of aromatic nitrogens is 1. The molecule has 0 bridgehead atoms. The van der Waals surface area contributed by atoms with Gasteiger partial charge in [-0.2, -0.15) is 0 Å². The van der Waals surface area contributed by atoms with E-state index in [9.17, 15) is 4.79 Å². The zero-order chi connectivity index (χ0) is 16.3. The van der Waals surface area contributed by atoms with Crippen molar-refractivity contribution >= 4 is 16.8 Å². The van der Waals surface area contributed by atoms with E-state index in [4.69, 9.17) is 4.74 Å². The molecule has 0 fully saturated rings. The average molecular weight is 300 g/mol. The van der Waals surface area contributed by atoms with Gasteiger partial charge in [-0.15, -0.1) is 0 Å². The van der Waals surface area contributed by atoms with Crippen molar-refractivity contribution in [3.8, 4) is 5.75 Å². The first-order valence-corrected chi connectivity index (χ1v) is 7.70. The first kappa shape index (κ1) is 16.3. The molecular formula is C18H24N2O2. The van der Waals surface area contributed by atoms with Crippen LogP contribution in [0.2, 0.25) is 0 Å². The molecule has 0 aliphatic heterocycles. The van der Waals surface area contributed by atoms with Gasteiger partial charge in [0.15, 0.2) is 6.61 Å². The lowest BCUT2D eigenvalue weighted by atomic mass is 10.2. The molecule has 4 nitrogen and oxygen atoms in total. The molecule has 118 valence electrons. The number of carbonyl (C=O) groups is 1. The van der Waals surface area contributed by atoms with Crippen LogP contribution in [0.5, 0.6) is 5.75 Å². The number of aryl methyl sites for hydroxylation is 1. The predicted molar refractivity (Wildman–Crippen MR) is 89.1 cm³/mol. The third-order valence-corrected chi connectivity index (χ3v) is 3.57. The Kier molecular flexibility index (Phi) is 5.01. The Hall–Kier alpha value is -2.10. The largest absolute Gasteiger partial charge is 0.481 e. The molecule has 0 unspecified atom stereocenters. The summed E-state index contributed by atoms with van der Waals surface area (Å²) in [4.78, 5) is 18.7. The fourth-order valence-corrected chi connectivity index (χ4v) is 2.72. The Morgan fingerprint density at radius 1 is 1.14 bits per heavy atom. The van der Waals surface area contributed by atoms with E-state index in [1.165, 1.54) is 0 Å². The molecule has 1 amide bonds.